The van der Waals surface area contributed by atoms with E-state index in [2.05, 4.69) is 48.1 Å². The van der Waals surface area contributed by atoms with E-state index < -0.39 is 0 Å². The molecule has 0 fully saturated rings. The van der Waals surface area contributed by atoms with Crippen LogP contribution in [-0.4, -0.2) is 45.1 Å². The van der Waals surface area contributed by atoms with Gasteiger partial charge in [-0.15, -0.1) is 0 Å². The molecule has 0 unspecified atom stereocenters. The molecule has 3 aromatic rings. The molecule has 8 nitrogen and oxygen atoms in total. The van der Waals surface area contributed by atoms with Crippen LogP contribution in [0.5, 0.6) is 0 Å². The van der Waals surface area contributed by atoms with Crippen LogP contribution in [0.15, 0.2) is 47.7 Å². The summed E-state index contributed by atoms with van der Waals surface area (Å²) in [7, 11) is 2.08. The maximum absolute atomic E-state index is 12.7. The lowest BCUT2D eigenvalue weighted by Gasteiger charge is -2.24. The first-order valence-corrected chi connectivity index (χ1v) is 10.7. The Kier molecular flexibility index (Phi) is 6.05. The van der Waals surface area contributed by atoms with Crippen LogP contribution in [0.4, 0.5) is 17.1 Å². The van der Waals surface area contributed by atoms with Crippen LogP contribution in [0.25, 0.3) is 5.69 Å². The zero-order chi connectivity index (χ0) is 22.8. The van der Waals surface area contributed by atoms with Crippen molar-refractivity contribution in [3.63, 3.8) is 0 Å². The van der Waals surface area contributed by atoms with Gasteiger partial charge in [0.2, 0.25) is 5.91 Å². The number of amides is 1. The van der Waals surface area contributed by atoms with Gasteiger partial charge < -0.3 is 15.3 Å². The van der Waals surface area contributed by atoms with Crippen molar-refractivity contribution in [3.05, 3.63) is 59.7 Å². The van der Waals surface area contributed by atoms with Crippen LogP contribution in [-0.2, 0) is 11.4 Å². The third-order valence-corrected chi connectivity index (χ3v) is 5.41. The summed E-state index contributed by atoms with van der Waals surface area (Å²) < 4.78 is 1.58. The van der Waals surface area contributed by atoms with Crippen LogP contribution in [0.3, 0.4) is 0 Å². The van der Waals surface area contributed by atoms with Gasteiger partial charge in [-0.25, -0.2) is 9.67 Å². The number of benzene rings is 2. The largest absolute Gasteiger partial charge is 0.388 e. The van der Waals surface area contributed by atoms with Crippen molar-refractivity contribution >= 4 is 28.7 Å². The van der Waals surface area contributed by atoms with Crippen LogP contribution in [0, 0.1) is 12.8 Å². The zero-order valence-electron chi connectivity index (χ0n) is 18.8. The second-order valence-electron chi connectivity index (χ2n) is 8.51. The fraction of sp³-hybridized carbons (Fsp3) is 0.333. The molecule has 0 saturated carbocycles. The fourth-order valence-electron chi connectivity index (χ4n) is 4.04. The Hall–Kier alpha value is -3.52. The van der Waals surface area contributed by atoms with Gasteiger partial charge >= 0.3 is 0 Å². The summed E-state index contributed by atoms with van der Waals surface area (Å²) in [5.41, 5.74) is 5.90. The number of aliphatic hydroxyl groups is 1. The molecule has 0 radical (unpaired) electrons. The second-order valence-corrected chi connectivity index (χ2v) is 8.51. The number of carbonyl (C=O) groups excluding carboxylic acids is 1. The standard InChI is InChI=1S/C24H28N6O2/c1-15(2)12-29(4)22-10-21-20(8-16(22)3)28-24(32)11-19(27-21)17-6-5-7-18(9-17)30-23(13-31)25-14-26-30/h5-10,14-15,31H,11-13H2,1-4H3,(H,28,32). The van der Waals surface area contributed by atoms with E-state index >= 15 is 0 Å². The lowest BCUT2D eigenvalue weighted by atomic mass is 10.1. The van der Waals surface area contributed by atoms with Crippen molar-refractivity contribution < 1.29 is 9.90 Å². The highest BCUT2D eigenvalue weighted by Gasteiger charge is 2.20. The van der Waals surface area contributed by atoms with Gasteiger partial charge in [0.15, 0.2) is 5.82 Å². The number of anilines is 2. The molecule has 0 saturated heterocycles. The first-order valence-electron chi connectivity index (χ1n) is 10.7. The Morgan fingerprint density at radius 1 is 1.25 bits per heavy atom. The molecule has 1 aliphatic heterocycles. The Morgan fingerprint density at radius 2 is 2.06 bits per heavy atom. The number of aromatic nitrogens is 3. The van der Waals surface area contributed by atoms with Gasteiger partial charge in [0.1, 0.15) is 12.9 Å². The Morgan fingerprint density at radius 3 is 2.81 bits per heavy atom. The number of aliphatic hydroxyl groups excluding tert-OH is 1. The van der Waals surface area contributed by atoms with E-state index in [1.54, 1.807) is 4.68 Å². The summed E-state index contributed by atoms with van der Waals surface area (Å²) in [5.74, 6) is 0.869. The normalized spacial score (nSPS) is 13.4. The molecule has 0 spiro atoms. The predicted octanol–water partition coefficient (Wildman–Crippen LogP) is 3.62. The van der Waals surface area contributed by atoms with Crippen LogP contribution >= 0.6 is 0 Å². The third kappa shape index (κ3) is 4.40. The van der Waals surface area contributed by atoms with E-state index in [4.69, 9.17) is 4.99 Å². The molecular weight excluding hydrogens is 404 g/mol. The van der Waals surface area contributed by atoms with Crippen molar-refractivity contribution in [2.45, 2.75) is 33.8 Å². The molecule has 8 heteroatoms. The molecule has 2 aromatic carbocycles. The first kappa shape index (κ1) is 21.7. The van der Waals surface area contributed by atoms with Gasteiger partial charge in [-0.2, -0.15) is 5.10 Å². The molecule has 1 amide bonds. The third-order valence-electron chi connectivity index (χ3n) is 5.41. The number of nitrogens with one attached hydrogen (secondary N) is 1. The number of carbonyl (C=O) groups is 1. The second kappa shape index (κ2) is 8.92. The number of hydrogen-bond acceptors (Lipinski definition) is 6. The SMILES string of the molecule is Cc1cc2c(cc1N(C)CC(C)C)N=C(c1cccc(-n3ncnc3CO)c1)CC(=O)N2. The number of hydrogen-bond donors (Lipinski definition) is 2. The fourth-order valence-corrected chi connectivity index (χ4v) is 4.04. The van der Waals surface area contributed by atoms with Crippen molar-refractivity contribution in [2.24, 2.45) is 10.9 Å². The summed E-state index contributed by atoms with van der Waals surface area (Å²) in [6.45, 7) is 7.14. The van der Waals surface area contributed by atoms with Crippen LogP contribution in [0.1, 0.15) is 37.2 Å². The molecule has 0 aliphatic carbocycles. The maximum Gasteiger partial charge on any atom is 0.230 e. The Balaban J connectivity index is 1.77. The maximum atomic E-state index is 12.7. The number of nitrogens with zero attached hydrogens (tertiary/aromatic N) is 5. The minimum atomic E-state index is -0.215. The Bertz CT molecular complexity index is 1180. The smallest absolute Gasteiger partial charge is 0.230 e. The lowest BCUT2D eigenvalue weighted by molar-refractivity contribution is -0.115. The van der Waals surface area contributed by atoms with Gasteiger partial charge in [0.25, 0.3) is 0 Å². The molecule has 1 aliphatic rings. The molecule has 2 N–H and O–H groups in total. The highest BCUT2D eigenvalue weighted by molar-refractivity contribution is 6.17. The van der Waals surface area contributed by atoms with E-state index in [0.717, 1.165) is 40.4 Å². The number of fused-ring (bicyclic) bond motifs is 1. The minimum absolute atomic E-state index is 0.104. The van der Waals surface area contributed by atoms with Crippen molar-refractivity contribution in [3.8, 4) is 5.69 Å². The predicted molar refractivity (Wildman–Crippen MR) is 126 cm³/mol. The summed E-state index contributed by atoms with van der Waals surface area (Å²) >= 11 is 0. The molecule has 32 heavy (non-hydrogen) atoms. The molecule has 1 aromatic heterocycles. The number of rotatable bonds is 6. The zero-order valence-corrected chi connectivity index (χ0v) is 18.8. The van der Waals surface area contributed by atoms with Crippen LogP contribution < -0.4 is 10.2 Å². The highest BCUT2D eigenvalue weighted by atomic mass is 16.3. The molecule has 2 heterocycles. The van der Waals surface area contributed by atoms with Gasteiger partial charge in [-0.3, -0.25) is 9.79 Å². The van der Waals surface area contributed by atoms with Gasteiger partial charge in [-0.05, 0) is 48.2 Å². The topological polar surface area (TPSA) is 95.6 Å². The lowest BCUT2D eigenvalue weighted by Crippen LogP contribution is -2.23. The van der Waals surface area contributed by atoms with Crippen LogP contribution in [0.2, 0.25) is 0 Å². The minimum Gasteiger partial charge on any atom is -0.388 e. The summed E-state index contributed by atoms with van der Waals surface area (Å²) in [6, 6.07) is 11.6. The summed E-state index contributed by atoms with van der Waals surface area (Å²) in [5, 5.41) is 16.7. The van der Waals surface area contributed by atoms with Gasteiger partial charge in [-0.1, -0.05) is 26.0 Å². The van der Waals surface area contributed by atoms with E-state index in [1.807, 2.05) is 36.4 Å². The first-order chi connectivity index (χ1) is 15.4. The van der Waals surface area contributed by atoms with E-state index in [0.29, 0.717) is 17.5 Å². The molecule has 166 valence electrons. The van der Waals surface area contributed by atoms with Crippen molar-refractivity contribution in [2.75, 3.05) is 23.8 Å². The molecule has 4 rings (SSSR count). The highest BCUT2D eigenvalue weighted by Crippen LogP contribution is 2.36. The average molecular weight is 433 g/mol. The molecule has 0 atom stereocenters. The molecular formula is C24H28N6O2. The van der Waals surface area contributed by atoms with Crippen molar-refractivity contribution in [1.82, 2.24) is 14.8 Å². The van der Waals surface area contributed by atoms with E-state index in [-0.39, 0.29) is 18.9 Å². The summed E-state index contributed by atoms with van der Waals surface area (Å²) in [6.07, 6.45) is 1.57. The van der Waals surface area contributed by atoms with Crippen molar-refractivity contribution in [1.29, 1.82) is 0 Å². The summed E-state index contributed by atoms with van der Waals surface area (Å²) in [4.78, 5) is 23.9. The Labute approximate surface area is 187 Å². The quantitative estimate of drug-likeness (QED) is 0.620. The van der Waals surface area contributed by atoms with E-state index in [1.165, 1.54) is 6.33 Å². The number of aliphatic imine (C=N–C) groups is 1. The monoisotopic (exact) mass is 432 g/mol. The van der Waals surface area contributed by atoms with Gasteiger partial charge in [0, 0.05) is 19.3 Å². The average Bonchev–Trinajstić information content (AvgIpc) is 3.16. The van der Waals surface area contributed by atoms with Gasteiger partial charge in [0.05, 0.1) is 29.2 Å². The van der Waals surface area contributed by atoms with E-state index in [9.17, 15) is 9.90 Å². The number of aryl methyl sites for hydroxylation is 1. The molecule has 0 bridgehead atoms.